The van der Waals surface area contributed by atoms with Crippen molar-refractivity contribution >= 4 is 44.9 Å². The van der Waals surface area contributed by atoms with Gasteiger partial charge in [0.25, 0.3) is 0 Å². The molecular formula is C19H21NO5S3. The third kappa shape index (κ3) is 4.48. The van der Waals surface area contributed by atoms with Crippen molar-refractivity contribution in [1.82, 2.24) is 4.31 Å². The lowest BCUT2D eigenvalue weighted by molar-refractivity contribution is 0.0476. The molecule has 0 atom stereocenters. The van der Waals surface area contributed by atoms with Gasteiger partial charge in [0, 0.05) is 30.2 Å². The molecule has 28 heavy (non-hydrogen) atoms. The highest BCUT2D eigenvalue weighted by Crippen LogP contribution is 2.27. The number of sulfonamides is 1. The number of ketones is 1. The number of benzene rings is 1. The fraction of sp³-hybridized carbons (Fsp3) is 0.368. The maximum absolute atomic E-state index is 12.9. The molecule has 2 aromatic rings. The van der Waals surface area contributed by atoms with Crippen LogP contribution >= 0.6 is 23.1 Å². The van der Waals surface area contributed by atoms with Crippen molar-refractivity contribution in [3.8, 4) is 0 Å². The number of hydrogen-bond acceptors (Lipinski definition) is 7. The van der Waals surface area contributed by atoms with Crippen molar-refractivity contribution in [3.05, 3.63) is 51.2 Å². The molecule has 0 saturated carbocycles. The fourth-order valence-electron chi connectivity index (χ4n) is 2.89. The van der Waals surface area contributed by atoms with Gasteiger partial charge in [-0.15, -0.1) is 11.3 Å². The Morgan fingerprint density at radius 2 is 1.86 bits per heavy atom. The topological polar surface area (TPSA) is 80.8 Å². The summed E-state index contributed by atoms with van der Waals surface area (Å²) in [5.41, 5.74) is 2.23. The average molecular weight is 440 g/mol. The molecule has 1 aromatic carbocycles. The van der Waals surface area contributed by atoms with Gasteiger partial charge >= 0.3 is 5.97 Å². The van der Waals surface area contributed by atoms with Gasteiger partial charge < -0.3 is 4.74 Å². The van der Waals surface area contributed by atoms with E-state index in [2.05, 4.69) is 0 Å². The quantitative estimate of drug-likeness (QED) is 0.508. The lowest BCUT2D eigenvalue weighted by Gasteiger charge is -2.25. The van der Waals surface area contributed by atoms with Crippen molar-refractivity contribution in [1.29, 1.82) is 0 Å². The number of thioether (sulfide) groups is 1. The number of carbonyl (C=O) groups is 2. The summed E-state index contributed by atoms with van der Waals surface area (Å²) in [5.74, 6) is 0.350. The zero-order valence-corrected chi connectivity index (χ0v) is 18.1. The molecule has 1 fully saturated rings. The van der Waals surface area contributed by atoms with Crippen molar-refractivity contribution in [2.45, 2.75) is 18.7 Å². The monoisotopic (exact) mass is 439 g/mol. The summed E-state index contributed by atoms with van der Waals surface area (Å²) < 4.78 is 32.3. The van der Waals surface area contributed by atoms with Gasteiger partial charge in [0.1, 0.15) is 9.77 Å². The number of nitrogens with zero attached hydrogens (tertiary/aromatic N) is 1. The van der Waals surface area contributed by atoms with Gasteiger partial charge in [-0.2, -0.15) is 16.1 Å². The summed E-state index contributed by atoms with van der Waals surface area (Å²) >= 11 is 2.71. The van der Waals surface area contributed by atoms with E-state index in [9.17, 15) is 18.0 Å². The van der Waals surface area contributed by atoms with Crippen LogP contribution in [0.1, 0.15) is 31.2 Å². The molecule has 0 unspecified atom stereocenters. The van der Waals surface area contributed by atoms with Crippen molar-refractivity contribution < 1.29 is 22.7 Å². The highest BCUT2D eigenvalue weighted by atomic mass is 32.2. The molecule has 0 aliphatic carbocycles. The lowest BCUT2D eigenvalue weighted by atomic mass is 10.0. The first-order valence-corrected chi connectivity index (χ1v) is 12.2. The molecule has 9 heteroatoms. The Labute approximate surface area is 172 Å². The van der Waals surface area contributed by atoms with E-state index in [1.165, 1.54) is 10.4 Å². The van der Waals surface area contributed by atoms with Crippen LogP contribution in [0.15, 0.2) is 34.5 Å². The zero-order chi connectivity index (χ0) is 20.3. The second kappa shape index (κ2) is 8.77. The van der Waals surface area contributed by atoms with Crippen molar-refractivity contribution in [2.75, 3.05) is 31.2 Å². The zero-order valence-electron chi connectivity index (χ0n) is 15.6. The Morgan fingerprint density at radius 1 is 1.14 bits per heavy atom. The molecule has 1 aliphatic rings. The molecule has 2 heterocycles. The first kappa shape index (κ1) is 21.0. The van der Waals surface area contributed by atoms with Crippen LogP contribution in [-0.4, -0.2) is 55.7 Å². The molecule has 6 nitrogen and oxygen atoms in total. The van der Waals surface area contributed by atoms with E-state index >= 15 is 0 Å². The minimum absolute atomic E-state index is 0.00647. The second-order valence-corrected chi connectivity index (χ2v) is 10.5. The molecule has 0 radical (unpaired) electrons. The summed E-state index contributed by atoms with van der Waals surface area (Å²) in [6, 6.07) is 6.91. The molecule has 0 N–H and O–H groups in total. The normalized spacial score (nSPS) is 15.4. The van der Waals surface area contributed by atoms with Gasteiger partial charge in [0.15, 0.2) is 6.61 Å². The summed E-state index contributed by atoms with van der Waals surface area (Å²) in [5, 5.41) is 1.55. The van der Waals surface area contributed by atoms with Crippen LogP contribution < -0.4 is 0 Å². The number of hydrogen-bond donors (Lipinski definition) is 0. The van der Waals surface area contributed by atoms with Gasteiger partial charge in [-0.1, -0.05) is 17.7 Å². The Morgan fingerprint density at radius 3 is 2.57 bits per heavy atom. The Bertz CT molecular complexity index is 991. The number of rotatable bonds is 6. The molecule has 0 amide bonds. The minimum Gasteiger partial charge on any atom is -0.453 e. The first-order valence-electron chi connectivity index (χ1n) is 8.73. The fourth-order valence-corrected chi connectivity index (χ4v) is 6.75. The van der Waals surface area contributed by atoms with E-state index in [-0.39, 0.29) is 15.6 Å². The number of carbonyl (C=O) groups excluding carboxylic acids is 2. The average Bonchev–Trinajstić information content (AvgIpc) is 3.19. The van der Waals surface area contributed by atoms with Gasteiger partial charge in [-0.05, 0) is 36.9 Å². The highest BCUT2D eigenvalue weighted by molar-refractivity contribution is 7.99. The van der Waals surface area contributed by atoms with E-state index < -0.39 is 22.6 Å². The number of thiophene rings is 1. The second-order valence-electron chi connectivity index (χ2n) is 6.45. The summed E-state index contributed by atoms with van der Waals surface area (Å²) in [7, 11) is -3.75. The number of aryl methyl sites for hydroxylation is 2. The Hall–Kier alpha value is -1.68. The molecule has 0 bridgehead atoms. The molecular weight excluding hydrogens is 418 g/mol. The molecule has 150 valence electrons. The largest absolute Gasteiger partial charge is 0.453 e. The van der Waals surface area contributed by atoms with Crippen LogP contribution in [0, 0.1) is 13.8 Å². The van der Waals surface area contributed by atoms with E-state index in [1.807, 2.05) is 26.0 Å². The predicted octanol–water partition coefficient (Wildman–Crippen LogP) is 3.14. The SMILES string of the molecule is Cc1ccc(C)c(C(=O)COC(=O)c2sccc2S(=O)(=O)N2CCSCC2)c1. The van der Waals surface area contributed by atoms with Crippen LogP contribution in [0.25, 0.3) is 0 Å². The van der Waals surface area contributed by atoms with Gasteiger partial charge in [-0.25, -0.2) is 13.2 Å². The Kier molecular flexibility index (Phi) is 6.59. The maximum atomic E-state index is 12.9. The smallest absolute Gasteiger partial charge is 0.350 e. The summed E-state index contributed by atoms with van der Waals surface area (Å²) in [4.78, 5) is 24.9. The maximum Gasteiger partial charge on any atom is 0.350 e. The molecule has 3 rings (SSSR count). The van der Waals surface area contributed by atoms with Gasteiger partial charge in [0.2, 0.25) is 15.8 Å². The van der Waals surface area contributed by atoms with Crippen LogP contribution in [0.3, 0.4) is 0 Å². The minimum atomic E-state index is -3.75. The number of esters is 1. The standard InChI is InChI=1S/C19H21NO5S3/c1-13-3-4-14(2)15(11-13)16(21)12-25-19(22)18-17(5-8-27-18)28(23,24)20-6-9-26-10-7-20/h3-5,8,11H,6-7,9-10,12H2,1-2H3. The summed E-state index contributed by atoms with van der Waals surface area (Å²) in [6.07, 6.45) is 0. The van der Waals surface area contributed by atoms with E-state index in [1.54, 1.807) is 23.2 Å². The van der Waals surface area contributed by atoms with Crippen LogP contribution in [0.5, 0.6) is 0 Å². The van der Waals surface area contributed by atoms with Gasteiger partial charge in [-0.3, -0.25) is 4.79 Å². The summed E-state index contributed by atoms with van der Waals surface area (Å²) in [6.45, 7) is 4.10. The highest BCUT2D eigenvalue weighted by Gasteiger charge is 2.32. The predicted molar refractivity (Wildman–Crippen MR) is 111 cm³/mol. The van der Waals surface area contributed by atoms with E-state index in [0.29, 0.717) is 18.7 Å². The number of Topliss-reactive ketones (excluding diaryl/α,β-unsaturated/α-hetero) is 1. The van der Waals surface area contributed by atoms with Crippen molar-refractivity contribution in [3.63, 3.8) is 0 Å². The number of ether oxygens (including phenoxy) is 1. The lowest BCUT2D eigenvalue weighted by Crippen LogP contribution is -2.38. The third-order valence-corrected chi connectivity index (χ3v) is 8.34. The molecule has 0 spiro atoms. The Balaban J connectivity index is 1.73. The van der Waals surface area contributed by atoms with E-state index in [4.69, 9.17) is 4.74 Å². The van der Waals surface area contributed by atoms with Crippen molar-refractivity contribution in [2.24, 2.45) is 0 Å². The van der Waals surface area contributed by atoms with Gasteiger partial charge in [0.05, 0.1) is 0 Å². The molecule has 1 saturated heterocycles. The molecule has 1 aromatic heterocycles. The van der Waals surface area contributed by atoms with Crippen LogP contribution in [0.4, 0.5) is 0 Å². The first-order chi connectivity index (χ1) is 13.3. The molecule has 1 aliphatic heterocycles. The van der Waals surface area contributed by atoms with E-state index in [0.717, 1.165) is 34.0 Å². The van der Waals surface area contributed by atoms with Crippen LogP contribution in [0.2, 0.25) is 0 Å². The van der Waals surface area contributed by atoms with Crippen LogP contribution in [-0.2, 0) is 14.8 Å². The third-order valence-electron chi connectivity index (χ3n) is 4.43.